The second-order valence-corrected chi connectivity index (χ2v) is 5.05. The first-order valence-electron chi connectivity index (χ1n) is 7.05. The van der Waals surface area contributed by atoms with Gasteiger partial charge < -0.3 is 15.4 Å². The maximum Gasteiger partial charge on any atom is 0.255 e. The lowest BCUT2D eigenvalue weighted by Crippen LogP contribution is -2.25. The van der Waals surface area contributed by atoms with E-state index in [-0.39, 0.29) is 5.91 Å². The Kier molecular flexibility index (Phi) is 3.88. The molecule has 1 amide bonds. The van der Waals surface area contributed by atoms with E-state index in [9.17, 15) is 4.79 Å². The van der Waals surface area contributed by atoms with Crippen molar-refractivity contribution >= 4 is 11.6 Å². The van der Waals surface area contributed by atoms with E-state index in [1.165, 1.54) is 11.1 Å². The summed E-state index contributed by atoms with van der Waals surface area (Å²) < 4.78 is 5.10. The Bertz CT molecular complexity index is 650. The van der Waals surface area contributed by atoms with Gasteiger partial charge >= 0.3 is 0 Å². The molecule has 0 unspecified atom stereocenters. The number of ether oxygens (including phenoxy) is 1. The average molecular weight is 282 g/mol. The van der Waals surface area contributed by atoms with Crippen LogP contribution >= 0.6 is 0 Å². The van der Waals surface area contributed by atoms with Gasteiger partial charge in [0.05, 0.1) is 7.11 Å². The summed E-state index contributed by atoms with van der Waals surface area (Å²) in [7, 11) is 1.61. The molecule has 1 heterocycles. The van der Waals surface area contributed by atoms with Gasteiger partial charge in [-0.3, -0.25) is 4.79 Å². The fourth-order valence-corrected chi connectivity index (χ4v) is 2.59. The van der Waals surface area contributed by atoms with Crippen LogP contribution in [0, 0.1) is 0 Å². The summed E-state index contributed by atoms with van der Waals surface area (Å²) in [5.74, 6) is 0.652. The van der Waals surface area contributed by atoms with Gasteiger partial charge in [-0.15, -0.1) is 0 Å². The highest BCUT2D eigenvalue weighted by atomic mass is 16.5. The molecule has 4 heteroatoms. The second kappa shape index (κ2) is 5.97. The van der Waals surface area contributed by atoms with Crippen LogP contribution < -0.4 is 15.4 Å². The summed E-state index contributed by atoms with van der Waals surface area (Å²) in [6, 6.07) is 13.2. The number of hydrogen-bond donors (Lipinski definition) is 2. The summed E-state index contributed by atoms with van der Waals surface area (Å²) in [5, 5.41) is 6.36. The highest BCUT2D eigenvalue weighted by Gasteiger charge is 2.14. The van der Waals surface area contributed by atoms with Crippen molar-refractivity contribution in [1.82, 2.24) is 5.32 Å². The standard InChI is InChI=1S/C17H18N2O2/c1-21-14-7-5-12(6-8-14)17(20)19-16-4-2-3-13-11-18-10-9-15(13)16/h2-8,18H,9-11H2,1H3,(H,19,20). The summed E-state index contributed by atoms with van der Waals surface area (Å²) in [6.45, 7) is 1.81. The Labute approximate surface area is 124 Å². The molecule has 21 heavy (non-hydrogen) atoms. The Morgan fingerprint density at radius 1 is 1.19 bits per heavy atom. The topological polar surface area (TPSA) is 50.4 Å². The lowest BCUT2D eigenvalue weighted by atomic mass is 9.99. The summed E-state index contributed by atoms with van der Waals surface area (Å²) in [6.07, 6.45) is 0.939. The van der Waals surface area contributed by atoms with E-state index in [0.717, 1.165) is 30.9 Å². The van der Waals surface area contributed by atoms with Gasteiger partial charge in [-0.1, -0.05) is 12.1 Å². The van der Waals surface area contributed by atoms with Crippen molar-refractivity contribution in [2.45, 2.75) is 13.0 Å². The Morgan fingerprint density at radius 3 is 2.76 bits per heavy atom. The molecule has 2 aromatic carbocycles. The van der Waals surface area contributed by atoms with Crippen LogP contribution in [0.5, 0.6) is 5.75 Å². The Hall–Kier alpha value is -2.33. The molecule has 108 valence electrons. The van der Waals surface area contributed by atoms with Crippen LogP contribution in [0.25, 0.3) is 0 Å². The van der Waals surface area contributed by atoms with Crippen molar-refractivity contribution in [3.63, 3.8) is 0 Å². The molecule has 0 atom stereocenters. The predicted octanol–water partition coefficient (Wildman–Crippen LogP) is 2.59. The fourth-order valence-electron chi connectivity index (χ4n) is 2.59. The van der Waals surface area contributed by atoms with Crippen LogP contribution in [-0.2, 0) is 13.0 Å². The molecular weight excluding hydrogens is 264 g/mol. The molecule has 0 spiro atoms. The number of amides is 1. The third-order valence-corrected chi connectivity index (χ3v) is 3.74. The second-order valence-electron chi connectivity index (χ2n) is 5.05. The van der Waals surface area contributed by atoms with Crippen LogP contribution in [0.1, 0.15) is 21.5 Å². The lowest BCUT2D eigenvalue weighted by Gasteiger charge is -2.20. The molecule has 0 saturated carbocycles. The van der Waals surface area contributed by atoms with E-state index in [1.54, 1.807) is 31.4 Å². The number of rotatable bonds is 3. The summed E-state index contributed by atoms with van der Waals surface area (Å²) in [4.78, 5) is 12.3. The Morgan fingerprint density at radius 2 is 2.00 bits per heavy atom. The van der Waals surface area contributed by atoms with Gasteiger partial charge in [0.1, 0.15) is 5.75 Å². The van der Waals surface area contributed by atoms with Gasteiger partial charge in [-0.25, -0.2) is 0 Å². The molecule has 0 saturated heterocycles. The first kappa shape index (κ1) is 13.6. The highest BCUT2D eigenvalue weighted by Crippen LogP contribution is 2.23. The van der Waals surface area contributed by atoms with Crippen LogP contribution in [0.4, 0.5) is 5.69 Å². The number of carbonyl (C=O) groups excluding carboxylic acids is 1. The van der Waals surface area contributed by atoms with Crippen molar-refractivity contribution < 1.29 is 9.53 Å². The summed E-state index contributed by atoms with van der Waals surface area (Å²) in [5.41, 5.74) is 4.03. The van der Waals surface area contributed by atoms with Crippen molar-refractivity contribution in [3.05, 3.63) is 59.2 Å². The number of hydrogen-bond acceptors (Lipinski definition) is 3. The molecule has 1 aliphatic heterocycles. The molecule has 0 aromatic heterocycles. The van der Waals surface area contributed by atoms with Crippen LogP contribution in [0.15, 0.2) is 42.5 Å². The molecular formula is C17H18N2O2. The maximum atomic E-state index is 12.3. The minimum Gasteiger partial charge on any atom is -0.497 e. The molecule has 0 radical (unpaired) electrons. The van der Waals surface area contributed by atoms with Crippen molar-refractivity contribution in [2.75, 3.05) is 19.0 Å². The Balaban J connectivity index is 1.81. The van der Waals surface area contributed by atoms with Crippen LogP contribution in [0.3, 0.4) is 0 Å². The van der Waals surface area contributed by atoms with E-state index in [2.05, 4.69) is 16.7 Å². The molecule has 4 nitrogen and oxygen atoms in total. The number of benzene rings is 2. The average Bonchev–Trinajstić information content (AvgIpc) is 2.55. The van der Waals surface area contributed by atoms with E-state index in [4.69, 9.17) is 4.74 Å². The normalized spacial score (nSPS) is 13.4. The highest BCUT2D eigenvalue weighted by molar-refractivity contribution is 6.04. The molecule has 1 aliphatic rings. The zero-order valence-corrected chi connectivity index (χ0v) is 12.0. The van der Waals surface area contributed by atoms with Gasteiger partial charge in [0.15, 0.2) is 0 Å². The van der Waals surface area contributed by atoms with Crippen molar-refractivity contribution in [2.24, 2.45) is 0 Å². The van der Waals surface area contributed by atoms with Gasteiger partial charge in [0.2, 0.25) is 0 Å². The lowest BCUT2D eigenvalue weighted by molar-refractivity contribution is 0.102. The van der Waals surface area contributed by atoms with Crippen LogP contribution in [0.2, 0.25) is 0 Å². The monoisotopic (exact) mass is 282 g/mol. The predicted molar refractivity (Wildman–Crippen MR) is 82.8 cm³/mol. The smallest absolute Gasteiger partial charge is 0.255 e. The number of carbonyl (C=O) groups is 1. The fraction of sp³-hybridized carbons (Fsp3) is 0.235. The quantitative estimate of drug-likeness (QED) is 0.909. The zero-order valence-electron chi connectivity index (χ0n) is 12.0. The van der Waals surface area contributed by atoms with E-state index in [1.807, 2.05) is 12.1 Å². The van der Waals surface area contributed by atoms with E-state index >= 15 is 0 Å². The number of anilines is 1. The number of fused-ring (bicyclic) bond motifs is 1. The molecule has 3 rings (SSSR count). The molecule has 2 N–H and O–H groups in total. The first-order valence-corrected chi connectivity index (χ1v) is 7.05. The maximum absolute atomic E-state index is 12.3. The molecule has 0 aliphatic carbocycles. The zero-order chi connectivity index (χ0) is 14.7. The molecule has 0 fully saturated rings. The van der Waals surface area contributed by atoms with Crippen molar-refractivity contribution in [3.8, 4) is 5.75 Å². The van der Waals surface area contributed by atoms with Gasteiger partial charge in [-0.2, -0.15) is 0 Å². The largest absolute Gasteiger partial charge is 0.497 e. The van der Waals surface area contributed by atoms with Crippen molar-refractivity contribution in [1.29, 1.82) is 0 Å². The SMILES string of the molecule is COc1ccc(C(=O)Nc2cccc3c2CCNC3)cc1. The van der Waals surface area contributed by atoms with E-state index in [0.29, 0.717) is 5.56 Å². The minimum absolute atomic E-state index is 0.0930. The van der Waals surface area contributed by atoms with Gasteiger partial charge in [0, 0.05) is 17.8 Å². The van der Waals surface area contributed by atoms with Gasteiger partial charge in [-0.05, 0) is 54.4 Å². The first-order chi connectivity index (χ1) is 10.3. The third-order valence-electron chi connectivity index (χ3n) is 3.74. The summed E-state index contributed by atoms with van der Waals surface area (Å²) >= 11 is 0. The third kappa shape index (κ3) is 2.90. The minimum atomic E-state index is -0.0930. The molecule has 0 bridgehead atoms. The molecule has 2 aromatic rings. The number of nitrogens with one attached hydrogen (secondary N) is 2. The van der Waals surface area contributed by atoms with E-state index < -0.39 is 0 Å². The van der Waals surface area contributed by atoms with Crippen LogP contribution in [-0.4, -0.2) is 19.6 Å². The van der Waals surface area contributed by atoms with Gasteiger partial charge in [0.25, 0.3) is 5.91 Å². The number of methoxy groups -OCH3 is 1.